The molecule has 0 radical (unpaired) electrons. The van der Waals surface area contributed by atoms with E-state index in [1.54, 1.807) is 24.3 Å². The Morgan fingerprint density at radius 1 is 1.14 bits per heavy atom. The Kier molecular flexibility index (Phi) is 7.08. The van der Waals surface area contributed by atoms with Crippen LogP contribution in [0.5, 0.6) is 0 Å². The van der Waals surface area contributed by atoms with Crippen molar-refractivity contribution in [3.63, 3.8) is 0 Å². The number of halogens is 1. The first kappa shape index (κ1) is 24.7. The van der Waals surface area contributed by atoms with Crippen molar-refractivity contribution in [2.45, 2.75) is 25.3 Å². The summed E-state index contributed by atoms with van der Waals surface area (Å²) in [4.78, 5) is 25.2. The number of aryl methyl sites for hydroxylation is 1. The van der Waals surface area contributed by atoms with Crippen molar-refractivity contribution in [2.24, 2.45) is 16.8 Å². The normalized spacial score (nSPS) is 18.3. The Balaban J connectivity index is 1.47. The van der Waals surface area contributed by atoms with Gasteiger partial charge in [-0.05, 0) is 72.4 Å². The Bertz CT molecular complexity index is 1400. The number of nitrogens with one attached hydrogen (secondary N) is 1. The maximum atomic E-state index is 12.9. The van der Waals surface area contributed by atoms with Crippen LogP contribution in [0.1, 0.15) is 45.9 Å². The predicted molar refractivity (Wildman–Crippen MR) is 147 cm³/mol. The van der Waals surface area contributed by atoms with Gasteiger partial charge in [0, 0.05) is 18.2 Å². The molecule has 0 bridgehead atoms. The number of hydrogen-bond acceptors (Lipinski definition) is 5. The summed E-state index contributed by atoms with van der Waals surface area (Å²) >= 11 is 6.21. The summed E-state index contributed by atoms with van der Waals surface area (Å²) in [6, 6.07) is 20.4. The highest BCUT2D eigenvalue weighted by atomic mass is 35.5. The van der Waals surface area contributed by atoms with E-state index in [-0.39, 0.29) is 24.5 Å². The van der Waals surface area contributed by atoms with Crippen molar-refractivity contribution in [1.82, 2.24) is 0 Å². The van der Waals surface area contributed by atoms with Crippen molar-refractivity contribution in [3.8, 4) is 0 Å². The lowest BCUT2D eigenvalue weighted by Gasteiger charge is -2.34. The van der Waals surface area contributed by atoms with Gasteiger partial charge < -0.3 is 16.2 Å². The molecule has 0 fully saturated rings. The van der Waals surface area contributed by atoms with Gasteiger partial charge in [-0.2, -0.15) is 5.10 Å². The Hall–Kier alpha value is -3.94. The average Bonchev–Trinajstić information content (AvgIpc) is 3.30. The van der Waals surface area contributed by atoms with Gasteiger partial charge in [0.25, 0.3) is 11.8 Å². The third-order valence-corrected chi connectivity index (χ3v) is 7.12. The van der Waals surface area contributed by atoms with Gasteiger partial charge in [-0.25, -0.2) is 0 Å². The summed E-state index contributed by atoms with van der Waals surface area (Å²) < 4.78 is 0. The molecule has 1 aliphatic carbocycles. The fourth-order valence-corrected chi connectivity index (χ4v) is 5.25. The first-order valence-corrected chi connectivity index (χ1v) is 12.6. The molecule has 0 spiro atoms. The molecule has 7 nitrogen and oxygen atoms in total. The largest absolute Gasteiger partial charge is 0.396 e. The van der Waals surface area contributed by atoms with Crippen LogP contribution in [-0.4, -0.2) is 29.2 Å². The van der Waals surface area contributed by atoms with Crippen LogP contribution in [0, 0.1) is 5.92 Å². The monoisotopic (exact) mass is 514 g/mol. The molecule has 2 unspecified atom stereocenters. The molecular weight excluding hydrogens is 488 g/mol. The first-order valence-electron chi connectivity index (χ1n) is 12.2. The highest BCUT2D eigenvalue weighted by Crippen LogP contribution is 2.46. The molecule has 1 heterocycles. The fraction of sp³-hybridized carbons (Fsp3) is 0.207. The topological polar surface area (TPSA) is 108 Å². The Morgan fingerprint density at radius 2 is 1.92 bits per heavy atom. The predicted octanol–water partition coefficient (Wildman–Crippen LogP) is 4.95. The first-order chi connectivity index (χ1) is 18.0. The number of aliphatic hydroxyl groups excluding tert-OH is 1. The summed E-state index contributed by atoms with van der Waals surface area (Å²) in [7, 11) is 0. The number of aliphatic hydroxyl groups is 1. The molecule has 188 valence electrons. The maximum Gasteiger partial charge on any atom is 0.265 e. The summed E-state index contributed by atoms with van der Waals surface area (Å²) in [5, 5.41) is 18.9. The molecule has 4 N–H and O–H groups in total. The van der Waals surface area contributed by atoms with Crippen LogP contribution < -0.4 is 16.1 Å². The molecule has 0 aromatic heterocycles. The number of nitrogens with two attached hydrogens (primary N) is 1. The molecule has 2 aliphatic rings. The lowest BCUT2D eigenvalue weighted by atomic mass is 9.77. The Morgan fingerprint density at radius 3 is 2.65 bits per heavy atom. The van der Waals surface area contributed by atoms with Crippen LogP contribution in [-0.2, 0) is 11.2 Å². The molecule has 2 amide bonds. The van der Waals surface area contributed by atoms with Gasteiger partial charge in [0.1, 0.15) is 5.71 Å². The van der Waals surface area contributed by atoms with Crippen molar-refractivity contribution >= 4 is 46.6 Å². The highest BCUT2D eigenvalue weighted by Gasteiger charge is 2.44. The van der Waals surface area contributed by atoms with E-state index in [9.17, 15) is 9.59 Å². The quantitative estimate of drug-likeness (QED) is 0.414. The zero-order chi connectivity index (χ0) is 25.9. The molecular formula is C29H27ClN4O3. The number of rotatable bonds is 7. The van der Waals surface area contributed by atoms with Crippen LogP contribution in [0.15, 0.2) is 77.9 Å². The number of primary amides is 1. The third-order valence-electron chi connectivity index (χ3n) is 6.79. The van der Waals surface area contributed by atoms with E-state index in [0.717, 1.165) is 35.2 Å². The highest BCUT2D eigenvalue weighted by molar-refractivity contribution is 6.40. The second-order valence-electron chi connectivity index (χ2n) is 9.14. The lowest BCUT2D eigenvalue weighted by Crippen LogP contribution is -2.34. The zero-order valence-corrected chi connectivity index (χ0v) is 20.9. The molecule has 0 saturated heterocycles. The number of amides is 2. The SMILES string of the molecule is NC(=O)C1=NN(c2ccc(/C=C/CCO)cc2)C2c3cc(NC(=O)c4ccccc4Cl)ccc3CCC12. The van der Waals surface area contributed by atoms with Gasteiger partial charge in [-0.3, -0.25) is 14.6 Å². The van der Waals surface area contributed by atoms with Gasteiger partial charge in [0.2, 0.25) is 0 Å². The minimum atomic E-state index is -0.521. The number of hydrazone groups is 1. The van der Waals surface area contributed by atoms with Crippen LogP contribution in [0.3, 0.4) is 0 Å². The zero-order valence-electron chi connectivity index (χ0n) is 20.1. The molecule has 8 heteroatoms. The minimum Gasteiger partial charge on any atom is -0.396 e. The summed E-state index contributed by atoms with van der Waals surface area (Å²) in [6.45, 7) is 0.107. The number of carbonyl (C=O) groups is 2. The van der Waals surface area contributed by atoms with Crippen LogP contribution >= 0.6 is 11.6 Å². The Labute approximate surface area is 220 Å². The molecule has 3 aromatic rings. The van der Waals surface area contributed by atoms with E-state index in [0.29, 0.717) is 28.4 Å². The van der Waals surface area contributed by atoms with Crippen LogP contribution in [0.4, 0.5) is 11.4 Å². The number of anilines is 2. The lowest BCUT2D eigenvalue weighted by molar-refractivity contribution is -0.112. The molecule has 0 saturated carbocycles. The standard InChI is InChI=1S/C29H27ClN4O3/c30-25-7-2-1-6-22(25)29(37)32-20-12-10-19-11-15-23-26(28(31)36)33-34(27(23)24(19)17-20)21-13-8-18(9-14-21)5-3-4-16-35/h1-3,5-10,12-14,17,23,27,35H,4,11,15-16H2,(H2,31,36)(H,32,37)/b5-3+. The van der Waals surface area contributed by atoms with Gasteiger partial charge >= 0.3 is 0 Å². The van der Waals surface area contributed by atoms with E-state index in [1.807, 2.05) is 59.6 Å². The number of benzene rings is 3. The molecule has 3 aromatic carbocycles. The summed E-state index contributed by atoms with van der Waals surface area (Å²) in [5.74, 6) is -0.962. The van der Waals surface area contributed by atoms with Crippen molar-refractivity contribution in [3.05, 3.63) is 100 Å². The minimum absolute atomic E-state index is 0.107. The fourth-order valence-electron chi connectivity index (χ4n) is 5.03. The molecule has 1 aliphatic heterocycles. The van der Waals surface area contributed by atoms with Crippen molar-refractivity contribution in [1.29, 1.82) is 0 Å². The number of nitrogens with zero attached hydrogens (tertiary/aromatic N) is 2. The van der Waals surface area contributed by atoms with E-state index >= 15 is 0 Å². The van der Waals surface area contributed by atoms with E-state index < -0.39 is 5.91 Å². The summed E-state index contributed by atoms with van der Waals surface area (Å²) in [5.41, 5.74) is 11.1. The molecule has 37 heavy (non-hydrogen) atoms. The van der Waals surface area contributed by atoms with Crippen LogP contribution in [0.2, 0.25) is 5.02 Å². The summed E-state index contributed by atoms with van der Waals surface area (Å²) in [6.07, 6.45) is 6.00. The number of carbonyl (C=O) groups excluding carboxylic acids is 2. The molecule has 5 rings (SSSR count). The number of hydrogen-bond donors (Lipinski definition) is 3. The van der Waals surface area contributed by atoms with Crippen molar-refractivity contribution in [2.75, 3.05) is 16.9 Å². The van der Waals surface area contributed by atoms with Crippen molar-refractivity contribution < 1.29 is 14.7 Å². The average molecular weight is 515 g/mol. The van der Waals surface area contributed by atoms with Gasteiger partial charge in [0.05, 0.1) is 22.3 Å². The number of fused-ring (bicyclic) bond motifs is 3. The van der Waals surface area contributed by atoms with Gasteiger partial charge in [-0.15, -0.1) is 0 Å². The van der Waals surface area contributed by atoms with E-state index in [2.05, 4.69) is 10.4 Å². The van der Waals surface area contributed by atoms with Gasteiger partial charge in [0.15, 0.2) is 0 Å². The van der Waals surface area contributed by atoms with E-state index in [1.165, 1.54) is 0 Å². The third kappa shape index (κ3) is 5.01. The maximum absolute atomic E-state index is 12.9. The molecule has 2 atom stereocenters. The smallest absolute Gasteiger partial charge is 0.265 e. The second-order valence-corrected chi connectivity index (χ2v) is 9.55. The van der Waals surface area contributed by atoms with E-state index in [4.69, 9.17) is 22.4 Å². The second kappa shape index (κ2) is 10.6. The van der Waals surface area contributed by atoms with Gasteiger partial charge in [-0.1, -0.05) is 54.1 Å². The van der Waals surface area contributed by atoms with Crippen LogP contribution in [0.25, 0.3) is 6.08 Å².